The minimum Gasteiger partial charge on any atom is -0.368 e. The Labute approximate surface area is 117 Å². The Balaban J connectivity index is 2.11. The molecule has 2 rings (SSSR count). The average Bonchev–Trinajstić information content (AvgIpc) is 2.35. The van der Waals surface area contributed by atoms with E-state index in [1.54, 1.807) is 6.07 Å². The van der Waals surface area contributed by atoms with Crippen LogP contribution in [-0.2, 0) is 12.7 Å². The van der Waals surface area contributed by atoms with E-state index in [2.05, 4.69) is 15.3 Å². The van der Waals surface area contributed by atoms with Crippen LogP contribution in [0.25, 0.3) is 0 Å². The lowest BCUT2D eigenvalue weighted by atomic mass is 10.1. The van der Waals surface area contributed by atoms with Crippen molar-refractivity contribution in [3.8, 4) is 0 Å². The summed E-state index contributed by atoms with van der Waals surface area (Å²) in [5.74, 6) is 0.337. The van der Waals surface area contributed by atoms with Crippen molar-refractivity contribution >= 4 is 23.4 Å². The van der Waals surface area contributed by atoms with E-state index in [4.69, 9.17) is 17.3 Å². The number of anilines is 2. The monoisotopic (exact) mass is 302 g/mol. The van der Waals surface area contributed by atoms with Crippen molar-refractivity contribution in [2.45, 2.75) is 12.7 Å². The number of hydrogen-bond acceptors (Lipinski definition) is 4. The molecule has 0 saturated carbocycles. The molecule has 4 nitrogen and oxygen atoms in total. The average molecular weight is 303 g/mol. The first-order chi connectivity index (χ1) is 9.34. The summed E-state index contributed by atoms with van der Waals surface area (Å²) in [4.78, 5) is 7.55. The Morgan fingerprint density at radius 3 is 2.60 bits per heavy atom. The first-order valence-electron chi connectivity index (χ1n) is 5.54. The van der Waals surface area contributed by atoms with Gasteiger partial charge in [0, 0.05) is 12.6 Å². The molecule has 2 aromatic rings. The van der Waals surface area contributed by atoms with Gasteiger partial charge in [0.15, 0.2) is 0 Å². The van der Waals surface area contributed by atoms with Crippen LogP contribution in [0, 0.1) is 0 Å². The fraction of sp³-hybridized carbons (Fsp3) is 0.167. The highest BCUT2D eigenvalue weighted by atomic mass is 35.5. The van der Waals surface area contributed by atoms with Crippen LogP contribution in [0.4, 0.5) is 24.9 Å². The highest BCUT2D eigenvalue weighted by molar-refractivity contribution is 6.29. The lowest BCUT2D eigenvalue weighted by molar-refractivity contribution is -0.137. The second-order valence-corrected chi connectivity index (χ2v) is 4.37. The first kappa shape index (κ1) is 14.4. The summed E-state index contributed by atoms with van der Waals surface area (Å²) >= 11 is 5.70. The number of nitrogen functional groups attached to an aromatic ring is 1. The Bertz CT molecular complexity index is 596. The maximum atomic E-state index is 12.6. The second-order valence-electron chi connectivity index (χ2n) is 3.99. The topological polar surface area (TPSA) is 63.8 Å². The maximum Gasteiger partial charge on any atom is 0.416 e. The molecular formula is C12H10ClF3N4. The van der Waals surface area contributed by atoms with Crippen molar-refractivity contribution in [1.29, 1.82) is 0 Å². The van der Waals surface area contributed by atoms with Crippen molar-refractivity contribution in [3.05, 3.63) is 46.6 Å². The van der Waals surface area contributed by atoms with Gasteiger partial charge < -0.3 is 11.1 Å². The third-order valence-electron chi connectivity index (χ3n) is 2.44. The molecule has 0 unspecified atom stereocenters. The molecule has 0 aliphatic carbocycles. The third-order valence-corrected chi connectivity index (χ3v) is 2.63. The van der Waals surface area contributed by atoms with Crippen LogP contribution in [0.2, 0.25) is 5.15 Å². The molecule has 0 bridgehead atoms. The van der Waals surface area contributed by atoms with Gasteiger partial charge in [0.25, 0.3) is 0 Å². The molecule has 20 heavy (non-hydrogen) atoms. The number of benzene rings is 1. The summed E-state index contributed by atoms with van der Waals surface area (Å²) in [7, 11) is 0. The molecular weight excluding hydrogens is 293 g/mol. The third kappa shape index (κ3) is 3.74. The van der Waals surface area contributed by atoms with E-state index in [0.717, 1.165) is 12.1 Å². The van der Waals surface area contributed by atoms with Gasteiger partial charge in [-0.1, -0.05) is 23.7 Å². The first-order valence-corrected chi connectivity index (χ1v) is 5.92. The number of nitrogens with two attached hydrogens (primary N) is 1. The molecule has 0 amide bonds. The van der Waals surface area contributed by atoms with Gasteiger partial charge in [0.2, 0.25) is 5.95 Å². The number of halogens is 4. The standard InChI is InChI=1S/C12H10ClF3N4/c13-9-5-10(20-11(17)19-9)18-6-7-2-1-3-8(4-7)12(14,15)16/h1-5H,6H2,(H3,17,18,19,20). The molecule has 0 radical (unpaired) electrons. The van der Waals surface area contributed by atoms with E-state index in [1.165, 1.54) is 12.1 Å². The molecule has 0 saturated heterocycles. The van der Waals surface area contributed by atoms with E-state index >= 15 is 0 Å². The molecule has 0 spiro atoms. The van der Waals surface area contributed by atoms with Crippen molar-refractivity contribution in [1.82, 2.24) is 9.97 Å². The highest BCUT2D eigenvalue weighted by Crippen LogP contribution is 2.29. The maximum absolute atomic E-state index is 12.6. The van der Waals surface area contributed by atoms with Crippen LogP contribution in [0.1, 0.15) is 11.1 Å². The van der Waals surface area contributed by atoms with Crippen molar-refractivity contribution in [3.63, 3.8) is 0 Å². The molecule has 106 valence electrons. The van der Waals surface area contributed by atoms with Crippen LogP contribution >= 0.6 is 11.6 Å². The molecule has 1 aromatic heterocycles. The van der Waals surface area contributed by atoms with E-state index < -0.39 is 11.7 Å². The van der Waals surface area contributed by atoms with E-state index in [9.17, 15) is 13.2 Å². The Morgan fingerprint density at radius 2 is 1.95 bits per heavy atom. The Morgan fingerprint density at radius 1 is 1.20 bits per heavy atom. The zero-order chi connectivity index (χ0) is 14.8. The summed E-state index contributed by atoms with van der Waals surface area (Å²) in [6.07, 6.45) is -4.36. The van der Waals surface area contributed by atoms with Crippen LogP contribution in [-0.4, -0.2) is 9.97 Å². The fourth-order valence-electron chi connectivity index (χ4n) is 1.58. The highest BCUT2D eigenvalue weighted by Gasteiger charge is 2.30. The van der Waals surface area contributed by atoms with Crippen molar-refractivity contribution in [2.75, 3.05) is 11.1 Å². The number of nitrogens with one attached hydrogen (secondary N) is 1. The number of alkyl halides is 3. The summed E-state index contributed by atoms with van der Waals surface area (Å²) in [6.45, 7) is 0.163. The van der Waals surface area contributed by atoms with Crippen LogP contribution in [0.3, 0.4) is 0 Å². The number of hydrogen-bond donors (Lipinski definition) is 2. The fourth-order valence-corrected chi connectivity index (χ4v) is 1.77. The molecule has 0 aliphatic rings. The molecule has 1 heterocycles. The van der Waals surface area contributed by atoms with Crippen molar-refractivity contribution in [2.24, 2.45) is 0 Å². The predicted octanol–water partition coefficient (Wildman–Crippen LogP) is 3.34. The normalized spacial score (nSPS) is 11.4. The molecule has 0 atom stereocenters. The zero-order valence-corrected chi connectivity index (χ0v) is 10.8. The van der Waals surface area contributed by atoms with Crippen molar-refractivity contribution < 1.29 is 13.2 Å². The molecule has 8 heteroatoms. The minimum absolute atomic E-state index is 0.0101. The van der Waals surface area contributed by atoms with Gasteiger partial charge in [0.1, 0.15) is 11.0 Å². The predicted molar refractivity (Wildman–Crippen MR) is 70.2 cm³/mol. The zero-order valence-electron chi connectivity index (χ0n) is 10.1. The van der Waals surface area contributed by atoms with Crippen LogP contribution in [0.15, 0.2) is 30.3 Å². The lowest BCUT2D eigenvalue weighted by Gasteiger charge is -2.10. The van der Waals surface area contributed by atoms with Gasteiger partial charge in [-0.15, -0.1) is 0 Å². The van der Waals surface area contributed by atoms with Gasteiger partial charge in [-0.05, 0) is 17.7 Å². The molecule has 1 aromatic carbocycles. The van der Waals surface area contributed by atoms with E-state index in [0.29, 0.717) is 11.4 Å². The molecule has 0 fully saturated rings. The quantitative estimate of drug-likeness (QED) is 0.854. The smallest absolute Gasteiger partial charge is 0.368 e. The van der Waals surface area contributed by atoms with Crippen LogP contribution < -0.4 is 11.1 Å². The Kier molecular flexibility index (Phi) is 3.99. The molecule has 0 aliphatic heterocycles. The summed E-state index contributed by atoms with van der Waals surface area (Å²) in [5.41, 5.74) is 5.18. The van der Waals surface area contributed by atoms with Gasteiger partial charge in [0.05, 0.1) is 5.56 Å². The lowest BCUT2D eigenvalue weighted by Crippen LogP contribution is -2.08. The second kappa shape index (κ2) is 5.54. The molecule has 3 N–H and O–H groups in total. The van der Waals surface area contributed by atoms with Gasteiger partial charge in [-0.25, -0.2) is 4.98 Å². The number of aromatic nitrogens is 2. The Hall–Kier alpha value is -2.02. The van der Waals surface area contributed by atoms with Gasteiger partial charge in [-0.3, -0.25) is 0 Å². The summed E-state index contributed by atoms with van der Waals surface area (Å²) in [5, 5.41) is 2.99. The largest absolute Gasteiger partial charge is 0.416 e. The van der Waals surface area contributed by atoms with Crippen LogP contribution in [0.5, 0.6) is 0 Å². The SMILES string of the molecule is Nc1nc(Cl)cc(NCc2cccc(C(F)(F)F)c2)n1. The minimum atomic E-state index is -4.36. The van der Waals surface area contributed by atoms with E-state index in [-0.39, 0.29) is 17.6 Å². The van der Waals surface area contributed by atoms with Gasteiger partial charge >= 0.3 is 6.18 Å². The van der Waals surface area contributed by atoms with Gasteiger partial charge in [-0.2, -0.15) is 18.2 Å². The number of nitrogens with zero attached hydrogens (tertiary/aromatic N) is 2. The van der Waals surface area contributed by atoms with E-state index in [1.807, 2.05) is 0 Å². The summed E-state index contributed by atoms with van der Waals surface area (Å²) < 4.78 is 37.7. The number of rotatable bonds is 3. The summed E-state index contributed by atoms with van der Waals surface area (Å²) in [6, 6.07) is 6.45.